The fourth-order valence-electron chi connectivity index (χ4n) is 2.67. The molecule has 0 radical (unpaired) electrons. The molecule has 0 aliphatic heterocycles. The van der Waals surface area contributed by atoms with E-state index in [0.717, 1.165) is 0 Å². The predicted octanol–water partition coefficient (Wildman–Crippen LogP) is 2.04. The highest BCUT2D eigenvalue weighted by molar-refractivity contribution is 5.87. The molecule has 0 heterocycles. The number of carbonyl (C=O) groups is 2. The first-order valence-electron chi connectivity index (χ1n) is 8.65. The van der Waals surface area contributed by atoms with Crippen LogP contribution >= 0.6 is 0 Å². The Labute approximate surface area is 172 Å². The van der Waals surface area contributed by atoms with Crippen molar-refractivity contribution in [2.45, 2.75) is 31.0 Å². The smallest absolute Gasteiger partial charge is 0.479 e. The average Bonchev–Trinajstić information content (AvgIpc) is 2.69. The number of carboxylic acids is 1. The van der Waals surface area contributed by atoms with Crippen LogP contribution < -0.4 is 15.8 Å². The van der Waals surface area contributed by atoms with Crippen molar-refractivity contribution in [3.63, 3.8) is 0 Å². The minimum atomic E-state index is -5.46. The van der Waals surface area contributed by atoms with Gasteiger partial charge < -0.3 is 26.0 Å². The normalized spacial score (nSPS) is 14.4. The van der Waals surface area contributed by atoms with Crippen LogP contribution in [0.2, 0.25) is 0 Å². The Morgan fingerprint density at radius 2 is 1.71 bits per heavy atom. The van der Waals surface area contributed by atoms with Crippen LogP contribution in [0.5, 0.6) is 5.75 Å². The highest BCUT2D eigenvalue weighted by Gasteiger charge is 2.37. The molecule has 1 amide bonds. The lowest BCUT2D eigenvalue weighted by atomic mass is 10.0. The number of carbonyl (C=O) groups excluding carboxylic acids is 1. The first-order valence-corrected chi connectivity index (χ1v) is 8.65. The number of hydrogen-bond donors (Lipinski definition) is 4. The van der Waals surface area contributed by atoms with Crippen LogP contribution in [0.3, 0.4) is 0 Å². The number of aliphatic carboxylic acids is 1. The number of amides is 1. The van der Waals surface area contributed by atoms with E-state index < -0.39 is 59.4 Å². The van der Waals surface area contributed by atoms with E-state index in [1.807, 2.05) is 0 Å². The Morgan fingerprint density at radius 1 is 1.10 bits per heavy atom. The molecular weight excluding hydrogens is 431 g/mol. The topological polar surface area (TPSA) is 122 Å². The molecule has 0 unspecified atom stereocenters. The summed E-state index contributed by atoms with van der Waals surface area (Å²) >= 11 is 0. The van der Waals surface area contributed by atoms with Crippen LogP contribution in [0.15, 0.2) is 42.5 Å². The second-order valence-electron chi connectivity index (χ2n) is 6.41. The van der Waals surface area contributed by atoms with Gasteiger partial charge in [0.1, 0.15) is 6.10 Å². The summed E-state index contributed by atoms with van der Waals surface area (Å²) in [6, 6.07) is 5.87. The van der Waals surface area contributed by atoms with E-state index >= 15 is 0 Å². The molecule has 0 fully saturated rings. The Morgan fingerprint density at radius 3 is 2.26 bits per heavy atom. The number of hydrogen-bond acceptors (Lipinski definition) is 5. The second kappa shape index (κ2) is 9.71. The third-order valence-corrected chi connectivity index (χ3v) is 4.13. The minimum Gasteiger partial charge on any atom is -0.479 e. The van der Waals surface area contributed by atoms with Crippen LogP contribution in [0.4, 0.5) is 22.0 Å². The lowest BCUT2D eigenvalue weighted by Crippen LogP contribution is -2.49. The van der Waals surface area contributed by atoms with Crippen molar-refractivity contribution in [3.05, 3.63) is 65.2 Å². The van der Waals surface area contributed by atoms with Crippen LogP contribution in [-0.4, -0.2) is 40.6 Å². The van der Waals surface area contributed by atoms with Crippen molar-refractivity contribution in [2.24, 2.45) is 5.73 Å². The molecule has 0 saturated carbocycles. The third-order valence-electron chi connectivity index (χ3n) is 4.13. The number of aliphatic hydroxyl groups is 1. The lowest BCUT2D eigenvalue weighted by molar-refractivity contribution is -0.276. The number of rotatable bonds is 8. The summed E-state index contributed by atoms with van der Waals surface area (Å²) in [6.45, 7) is 0. The minimum absolute atomic E-state index is 0.0294. The SMILES string of the molecule is N[C@H](Cc1ccccc1)[C@H](O)C(=O)N[C@H](C(=O)O)c1ccc(F)c(OC(F)(F)F)c1F. The van der Waals surface area contributed by atoms with Gasteiger partial charge in [-0.2, -0.15) is 0 Å². The summed E-state index contributed by atoms with van der Waals surface area (Å²) in [4.78, 5) is 23.7. The van der Waals surface area contributed by atoms with Gasteiger partial charge in [-0.05, 0) is 18.1 Å². The van der Waals surface area contributed by atoms with Gasteiger partial charge in [-0.1, -0.05) is 36.4 Å². The Kier molecular flexibility index (Phi) is 7.52. The van der Waals surface area contributed by atoms with Crippen molar-refractivity contribution in [1.82, 2.24) is 5.32 Å². The van der Waals surface area contributed by atoms with Gasteiger partial charge in [-0.3, -0.25) is 4.79 Å². The maximum absolute atomic E-state index is 14.4. The summed E-state index contributed by atoms with van der Waals surface area (Å²) in [6.07, 6.45) is -7.36. The summed E-state index contributed by atoms with van der Waals surface area (Å²) < 4.78 is 68.4. The average molecular weight is 448 g/mol. The molecule has 12 heteroatoms. The number of halogens is 5. The summed E-state index contributed by atoms with van der Waals surface area (Å²) in [5.41, 5.74) is 5.40. The van der Waals surface area contributed by atoms with Crippen molar-refractivity contribution in [2.75, 3.05) is 0 Å². The van der Waals surface area contributed by atoms with Crippen LogP contribution in [0, 0.1) is 11.6 Å². The van der Waals surface area contributed by atoms with Gasteiger partial charge in [0.15, 0.2) is 17.7 Å². The maximum atomic E-state index is 14.4. The second-order valence-corrected chi connectivity index (χ2v) is 6.41. The fourth-order valence-corrected chi connectivity index (χ4v) is 2.67. The number of aliphatic hydroxyl groups excluding tert-OH is 1. The van der Waals surface area contributed by atoms with E-state index in [-0.39, 0.29) is 6.42 Å². The fraction of sp³-hybridized carbons (Fsp3) is 0.263. The number of nitrogens with one attached hydrogen (secondary N) is 1. The van der Waals surface area contributed by atoms with Gasteiger partial charge in [0.25, 0.3) is 5.91 Å². The molecule has 2 aromatic rings. The van der Waals surface area contributed by atoms with Crippen LogP contribution in [-0.2, 0) is 16.0 Å². The zero-order valence-electron chi connectivity index (χ0n) is 15.6. The number of ether oxygens (including phenoxy) is 1. The molecule has 31 heavy (non-hydrogen) atoms. The van der Waals surface area contributed by atoms with Crippen molar-refractivity contribution >= 4 is 11.9 Å². The van der Waals surface area contributed by atoms with Crippen molar-refractivity contribution in [3.8, 4) is 5.75 Å². The molecular formula is C19H17F5N2O5. The van der Waals surface area contributed by atoms with E-state index in [2.05, 4.69) is 4.74 Å². The number of carboxylic acid groups (broad SMARTS) is 1. The lowest BCUT2D eigenvalue weighted by Gasteiger charge is -2.22. The van der Waals surface area contributed by atoms with Gasteiger partial charge in [-0.25, -0.2) is 13.6 Å². The van der Waals surface area contributed by atoms with Crippen molar-refractivity contribution < 1.29 is 46.5 Å². The molecule has 0 aliphatic rings. The summed E-state index contributed by atoms with van der Waals surface area (Å²) in [5.74, 6) is -8.81. The van der Waals surface area contributed by atoms with Gasteiger partial charge in [0.2, 0.25) is 5.75 Å². The quantitative estimate of drug-likeness (QED) is 0.459. The Hall–Kier alpha value is -3.25. The molecule has 5 N–H and O–H groups in total. The molecule has 168 valence electrons. The molecule has 0 aliphatic carbocycles. The molecule has 7 nitrogen and oxygen atoms in total. The largest absolute Gasteiger partial charge is 0.573 e. The van der Waals surface area contributed by atoms with E-state index in [1.54, 1.807) is 35.6 Å². The van der Waals surface area contributed by atoms with Crippen molar-refractivity contribution in [1.29, 1.82) is 0 Å². The van der Waals surface area contributed by atoms with Gasteiger partial charge in [-0.15, -0.1) is 13.2 Å². The number of nitrogens with two attached hydrogens (primary N) is 1. The predicted molar refractivity (Wildman–Crippen MR) is 95.7 cm³/mol. The Balaban J connectivity index is 2.23. The van der Waals surface area contributed by atoms with Gasteiger partial charge >= 0.3 is 12.3 Å². The van der Waals surface area contributed by atoms with Gasteiger partial charge in [0, 0.05) is 11.6 Å². The molecule has 2 aromatic carbocycles. The first-order chi connectivity index (χ1) is 14.4. The zero-order chi connectivity index (χ0) is 23.3. The van der Waals surface area contributed by atoms with E-state index in [1.165, 1.54) is 0 Å². The molecule has 3 atom stereocenters. The Bertz CT molecular complexity index is 939. The van der Waals surface area contributed by atoms with E-state index in [0.29, 0.717) is 17.7 Å². The zero-order valence-corrected chi connectivity index (χ0v) is 15.6. The summed E-state index contributed by atoms with van der Waals surface area (Å²) in [5, 5.41) is 21.2. The molecule has 2 rings (SSSR count). The molecule has 0 aromatic heterocycles. The van der Waals surface area contributed by atoms with E-state index in [4.69, 9.17) is 5.73 Å². The molecule has 0 spiro atoms. The maximum Gasteiger partial charge on any atom is 0.573 e. The highest BCUT2D eigenvalue weighted by Crippen LogP contribution is 2.32. The van der Waals surface area contributed by atoms with E-state index in [9.17, 15) is 41.8 Å². The first kappa shape index (κ1) is 24.0. The molecule has 0 bridgehead atoms. The highest BCUT2D eigenvalue weighted by atomic mass is 19.4. The monoisotopic (exact) mass is 448 g/mol. The number of benzene rings is 2. The van der Waals surface area contributed by atoms with Crippen LogP contribution in [0.1, 0.15) is 17.2 Å². The summed E-state index contributed by atoms with van der Waals surface area (Å²) in [7, 11) is 0. The van der Waals surface area contributed by atoms with Gasteiger partial charge in [0.05, 0.1) is 0 Å². The molecule has 0 saturated heterocycles. The third kappa shape index (κ3) is 6.36. The standard InChI is InChI=1S/C19H17F5N2O5/c20-11-7-6-10(13(21)16(11)31-19(22,23)24)14(18(29)30)26-17(28)15(27)12(25)8-9-4-2-1-3-5-9/h1-7,12,14-15,27H,8,25H2,(H,26,28)(H,29,30)/t12-,14+,15+/m1/s1. The van der Waals surface area contributed by atoms with Crippen LogP contribution in [0.25, 0.3) is 0 Å². The number of alkyl halides is 3.